The number of ether oxygens (including phenoxy) is 2. The number of fused-ring (bicyclic) bond motifs is 2. The van der Waals surface area contributed by atoms with Crippen LogP contribution >= 0.6 is 24.0 Å². The van der Waals surface area contributed by atoms with Crippen molar-refractivity contribution < 1.29 is 14.3 Å². The lowest BCUT2D eigenvalue weighted by Gasteiger charge is -2.34. The summed E-state index contributed by atoms with van der Waals surface area (Å²) in [5, 5.41) is 6.93. The van der Waals surface area contributed by atoms with Gasteiger partial charge in [-0.25, -0.2) is 4.79 Å². The van der Waals surface area contributed by atoms with E-state index in [0.29, 0.717) is 24.2 Å². The number of guanidine groups is 1. The largest absolute Gasteiger partial charge is 0.444 e. The van der Waals surface area contributed by atoms with Crippen molar-refractivity contribution in [2.45, 2.75) is 90.1 Å². The van der Waals surface area contributed by atoms with Gasteiger partial charge in [-0.15, -0.1) is 24.0 Å². The molecule has 2 bridgehead atoms. The molecule has 1 amide bonds. The Bertz CT molecular complexity index is 567. The minimum atomic E-state index is -0.440. The van der Waals surface area contributed by atoms with Gasteiger partial charge in [-0.2, -0.15) is 0 Å². The highest BCUT2D eigenvalue weighted by Gasteiger charge is 2.41. The Labute approximate surface area is 192 Å². The molecule has 0 aromatic rings. The van der Waals surface area contributed by atoms with Gasteiger partial charge >= 0.3 is 6.09 Å². The molecule has 7 nitrogen and oxygen atoms in total. The van der Waals surface area contributed by atoms with Crippen LogP contribution in [0.2, 0.25) is 0 Å². The third-order valence-electron chi connectivity index (χ3n) is 5.75. The van der Waals surface area contributed by atoms with Crippen LogP contribution in [0.1, 0.15) is 66.2 Å². The third kappa shape index (κ3) is 7.45. The zero-order chi connectivity index (χ0) is 20.1. The smallest absolute Gasteiger partial charge is 0.410 e. The third-order valence-corrected chi connectivity index (χ3v) is 5.75. The van der Waals surface area contributed by atoms with Gasteiger partial charge in [0.25, 0.3) is 0 Å². The number of piperidine rings is 1. The molecule has 3 fully saturated rings. The Balaban J connectivity index is 0.00000300. The first-order valence-corrected chi connectivity index (χ1v) is 11.0. The Morgan fingerprint density at radius 1 is 1.28 bits per heavy atom. The number of halogens is 1. The number of nitrogens with one attached hydrogen (secondary N) is 2. The van der Waals surface area contributed by atoms with Crippen LogP contribution in [0.5, 0.6) is 0 Å². The molecule has 0 radical (unpaired) electrons. The van der Waals surface area contributed by atoms with Crippen LogP contribution in [-0.4, -0.2) is 67.0 Å². The van der Waals surface area contributed by atoms with E-state index < -0.39 is 5.60 Å². The molecular formula is C21H39IN4O3. The number of amides is 1. The fourth-order valence-corrected chi connectivity index (χ4v) is 4.44. The van der Waals surface area contributed by atoms with Crippen molar-refractivity contribution in [1.82, 2.24) is 15.5 Å². The van der Waals surface area contributed by atoms with Crippen LogP contribution < -0.4 is 10.6 Å². The van der Waals surface area contributed by atoms with Gasteiger partial charge < -0.3 is 25.0 Å². The molecule has 3 aliphatic heterocycles. The Hall–Kier alpha value is -0.770. The molecule has 29 heavy (non-hydrogen) atoms. The average Bonchev–Trinajstić information content (AvgIpc) is 3.24. The second-order valence-electron chi connectivity index (χ2n) is 9.34. The standard InChI is InChI=1S/C21H38N4O3.HI/c1-5-22-19(24-17-13-16-8-9-18(17)27-16)23-11-10-15-7-6-12-25(14-15)20(26)28-21(2,3)4;/h15-18H,5-14H2,1-4H3,(H2,22,23,24);1H. The van der Waals surface area contributed by atoms with Gasteiger partial charge in [0.15, 0.2) is 5.96 Å². The topological polar surface area (TPSA) is 75.2 Å². The number of carbonyl (C=O) groups is 1. The first-order valence-electron chi connectivity index (χ1n) is 11.0. The summed E-state index contributed by atoms with van der Waals surface area (Å²) >= 11 is 0. The molecule has 0 aliphatic carbocycles. The lowest BCUT2D eigenvalue weighted by molar-refractivity contribution is 0.0163. The maximum Gasteiger partial charge on any atom is 0.410 e. The number of carbonyl (C=O) groups excluding carboxylic acids is 1. The molecule has 4 unspecified atom stereocenters. The fourth-order valence-electron chi connectivity index (χ4n) is 4.44. The summed E-state index contributed by atoms with van der Waals surface area (Å²) in [6.45, 7) is 11.0. The van der Waals surface area contributed by atoms with E-state index in [0.717, 1.165) is 64.2 Å². The summed E-state index contributed by atoms with van der Waals surface area (Å²) in [5.74, 6) is 1.38. The molecule has 4 atom stereocenters. The van der Waals surface area contributed by atoms with E-state index in [1.54, 1.807) is 0 Å². The molecule has 3 heterocycles. The maximum absolute atomic E-state index is 12.3. The summed E-state index contributed by atoms with van der Waals surface area (Å²) in [4.78, 5) is 19.0. The van der Waals surface area contributed by atoms with E-state index in [1.165, 1.54) is 6.42 Å². The molecule has 2 N–H and O–H groups in total. The fraction of sp³-hybridized carbons (Fsp3) is 0.905. The van der Waals surface area contributed by atoms with Gasteiger partial charge in [-0.3, -0.25) is 4.99 Å². The van der Waals surface area contributed by atoms with E-state index in [4.69, 9.17) is 14.5 Å². The lowest BCUT2D eigenvalue weighted by Crippen LogP contribution is -2.47. The number of likely N-dealkylation sites (tertiary alicyclic amines) is 1. The number of hydrogen-bond donors (Lipinski definition) is 2. The number of aliphatic imine (C=N–C) groups is 1. The van der Waals surface area contributed by atoms with Crippen molar-refractivity contribution in [3.05, 3.63) is 0 Å². The normalized spacial score (nSPS) is 29.4. The van der Waals surface area contributed by atoms with E-state index in [9.17, 15) is 4.79 Å². The molecular weight excluding hydrogens is 483 g/mol. The molecule has 0 aromatic carbocycles. The second-order valence-corrected chi connectivity index (χ2v) is 9.34. The minimum Gasteiger partial charge on any atom is -0.444 e. The van der Waals surface area contributed by atoms with Crippen molar-refractivity contribution >= 4 is 36.0 Å². The monoisotopic (exact) mass is 522 g/mol. The van der Waals surface area contributed by atoms with Gasteiger partial charge in [0.2, 0.25) is 0 Å². The van der Waals surface area contributed by atoms with Gasteiger partial charge in [0, 0.05) is 26.2 Å². The first-order chi connectivity index (χ1) is 13.3. The van der Waals surface area contributed by atoms with Crippen molar-refractivity contribution in [1.29, 1.82) is 0 Å². The van der Waals surface area contributed by atoms with Crippen LogP contribution in [0.4, 0.5) is 4.79 Å². The van der Waals surface area contributed by atoms with E-state index in [1.807, 2.05) is 25.7 Å². The predicted molar refractivity (Wildman–Crippen MR) is 126 cm³/mol. The molecule has 3 saturated heterocycles. The summed E-state index contributed by atoms with van der Waals surface area (Å²) in [7, 11) is 0. The Morgan fingerprint density at radius 2 is 2.07 bits per heavy atom. The summed E-state index contributed by atoms with van der Waals surface area (Å²) < 4.78 is 11.5. The highest BCUT2D eigenvalue weighted by atomic mass is 127. The molecule has 0 spiro atoms. The van der Waals surface area contributed by atoms with Crippen LogP contribution in [-0.2, 0) is 9.47 Å². The van der Waals surface area contributed by atoms with Gasteiger partial charge in [-0.1, -0.05) is 0 Å². The molecule has 168 valence electrons. The van der Waals surface area contributed by atoms with E-state index in [2.05, 4.69) is 17.6 Å². The molecule has 0 saturated carbocycles. The van der Waals surface area contributed by atoms with Gasteiger partial charge in [0.05, 0.1) is 18.2 Å². The lowest BCUT2D eigenvalue weighted by atomic mass is 9.95. The van der Waals surface area contributed by atoms with E-state index >= 15 is 0 Å². The Kier molecular flexibility index (Phi) is 9.31. The quantitative estimate of drug-likeness (QED) is 0.329. The Morgan fingerprint density at radius 3 is 2.69 bits per heavy atom. The number of hydrogen-bond acceptors (Lipinski definition) is 4. The highest BCUT2D eigenvalue weighted by Crippen LogP contribution is 2.34. The zero-order valence-electron chi connectivity index (χ0n) is 18.4. The molecule has 0 aromatic heterocycles. The summed E-state index contributed by atoms with van der Waals surface area (Å²) in [5.41, 5.74) is -0.440. The summed E-state index contributed by atoms with van der Waals surface area (Å²) in [6.07, 6.45) is 7.21. The van der Waals surface area contributed by atoms with Crippen molar-refractivity contribution in [2.24, 2.45) is 10.9 Å². The maximum atomic E-state index is 12.3. The predicted octanol–water partition coefficient (Wildman–Crippen LogP) is 3.52. The van der Waals surface area contributed by atoms with Crippen LogP contribution in [0.3, 0.4) is 0 Å². The molecule has 3 aliphatic rings. The van der Waals surface area contributed by atoms with Crippen LogP contribution in [0, 0.1) is 5.92 Å². The first kappa shape index (κ1) is 24.5. The highest BCUT2D eigenvalue weighted by molar-refractivity contribution is 14.0. The average molecular weight is 522 g/mol. The second kappa shape index (κ2) is 11.0. The summed E-state index contributed by atoms with van der Waals surface area (Å²) in [6, 6.07) is 0.383. The van der Waals surface area contributed by atoms with Crippen LogP contribution in [0.15, 0.2) is 4.99 Å². The molecule has 3 rings (SSSR count). The van der Waals surface area contributed by atoms with Gasteiger partial charge in [0.1, 0.15) is 5.60 Å². The minimum absolute atomic E-state index is 0. The van der Waals surface area contributed by atoms with Crippen LogP contribution in [0.25, 0.3) is 0 Å². The van der Waals surface area contributed by atoms with E-state index in [-0.39, 0.29) is 30.1 Å². The van der Waals surface area contributed by atoms with Crippen molar-refractivity contribution in [3.8, 4) is 0 Å². The molecule has 8 heteroatoms. The SMILES string of the molecule is CCNC(=NCCC1CCCN(C(=O)OC(C)(C)C)C1)NC1CC2CCC1O2.I. The zero-order valence-corrected chi connectivity index (χ0v) is 20.7. The van der Waals surface area contributed by atoms with Crippen molar-refractivity contribution in [3.63, 3.8) is 0 Å². The number of nitrogens with zero attached hydrogens (tertiary/aromatic N) is 2. The van der Waals surface area contributed by atoms with Crippen molar-refractivity contribution in [2.75, 3.05) is 26.2 Å². The van der Waals surface area contributed by atoms with Gasteiger partial charge in [-0.05, 0) is 72.1 Å². The number of rotatable bonds is 5.